The molecule has 0 aromatic carbocycles. The van der Waals surface area contributed by atoms with E-state index in [1.807, 2.05) is 0 Å². The molecule has 4 amide bonds. The van der Waals surface area contributed by atoms with Crippen LogP contribution in [0, 0.1) is 0 Å². The van der Waals surface area contributed by atoms with Crippen molar-refractivity contribution in [1.82, 2.24) is 19.4 Å². The predicted octanol–water partition coefficient (Wildman–Crippen LogP) is 0.230. The van der Waals surface area contributed by atoms with Crippen LogP contribution in [0.15, 0.2) is 6.33 Å². The number of H-pyrrole nitrogens is 1. The maximum atomic E-state index is 11.8. The summed E-state index contributed by atoms with van der Waals surface area (Å²) in [6.45, 7) is 0. The van der Waals surface area contributed by atoms with Crippen molar-refractivity contribution in [2.24, 2.45) is 0 Å². The molecule has 8 heteroatoms. The molecule has 16 heavy (non-hydrogen) atoms. The number of carboxylic acid groups (broad SMARTS) is 1. The number of carbonyl (C=O) groups is 3. The van der Waals surface area contributed by atoms with Gasteiger partial charge >= 0.3 is 12.1 Å². The molecule has 2 heterocycles. The number of imidazole rings is 1. The number of nitrogens with one attached hydrogen (secondary N) is 1. The van der Waals surface area contributed by atoms with E-state index in [4.69, 9.17) is 5.11 Å². The maximum absolute atomic E-state index is 11.8. The SMILES string of the molecule is CN1C(=O)c2[nH]cnc2[N+](C)(C(=O)O)C1=O. The molecule has 0 aliphatic carbocycles. The fourth-order valence-electron chi connectivity index (χ4n) is 1.60. The number of amides is 4. The number of quaternary nitrogens is 1. The molecule has 0 bridgehead atoms. The minimum Gasteiger partial charge on any atom is -0.435 e. The Morgan fingerprint density at radius 1 is 1.56 bits per heavy atom. The molecule has 1 aliphatic heterocycles. The Hall–Kier alpha value is -2.22. The third-order valence-electron chi connectivity index (χ3n) is 2.61. The molecule has 1 aromatic rings. The molecule has 2 N–H and O–H groups in total. The second-order valence-electron chi connectivity index (χ2n) is 3.54. The Morgan fingerprint density at radius 2 is 2.19 bits per heavy atom. The largest absolute Gasteiger partial charge is 0.529 e. The average molecular weight is 225 g/mol. The van der Waals surface area contributed by atoms with E-state index in [2.05, 4.69) is 9.97 Å². The van der Waals surface area contributed by atoms with Gasteiger partial charge < -0.3 is 10.1 Å². The Bertz CT molecular complexity index is 508. The molecular formula is C8H9N4O4+. The number of aromatic nitrogens is 2. The predicted molar refractivity (Wildman–Crippen MR) is 51.8 cm³/mol. The van der Waals surface area contributed by atoms with Crippen LogP contribution in [-0.4, -0.2) is 52.1 Å². The lowest BCUT2D eigenvalue weighted by atomic mass is 10.2. The van der Waals surface area contributed by atoms with Crippen molar-refractivity contribution >= 4 is 23.8 Å². The van der Waals surface area contributed by atoms with Crippen LogP contribution in [-0.2, 0) is 0 Å². The van der Waals surface area contributed by atoms with Crippen molar-refractivity contribution in [3.05, 3.63) is 12.0 Å². The van der Waals surface area contributed by atoms with E-state index in [-0.39, 0.29) is 11.5 Å². The normalized spacial score (nSPS) is 24.5. The number of imide groups is 2. The third kappa shape index (κ3) is 0.959. The molecular weight excluding hydrogens is 216 g/mol. The quantitative estimate of drug-likeness (QED) is 0.615. The molecule has 8 nitrogen and oxygen atoms in total. The molecule has 0 spiro atoms. The first-order valence-electron chi connectivity index (χ1n) is 4.37. The summed E-state index contributed by atoms with van der Waals surface area (Å²) in [4.78, 5) is 41.6. The molecule has 0 fully saturated rings. The Labute approximate surface area is 89.7 Å². The first-order valence-corrected chi connectivity index (χ1v) is 4.37. The third-order valence-corrected chi connectivity index (χ3v) is 2.61. The zero-order valence-electron chi connectivity index (χ0n) is 8.59. The highest BCUT2D eigenvalue weighted by Crippen LogP contribution is 2.30. The van der Waals surface area contributed by atoms with Gasteiger partial charge in [-0.25, -0.2) is 9.69 Å². The van der Waals surface area contributed by atoms with Gasteiger partial charge in [-0.15, -0.1) is 0 Å². The number of carbonyl (C=O) groups excluding carboxylic acids is 2. The highest BCUT2D eigenvalue weighted by atomic mass is 16.4. The first kappa shape index (κ1) is 10.3. The molecule has 1 atom stereocenters. The lowest BCUT2D eigenvalue weighted by Gasteiger charge is -2.30. The topological polar surface area (TPSA) is 103 Å². The van der Waals surface area contributed by atoms with Crippen molar-refractivity contribution in [2.75, 3.05) is 14.1 Å². The first-order chi connectivity index (χ1) is 7.40. The minimum atomic E-state index is -1.39. The van der Waals surface area contributed by atoms with Crippen LogP contribution in [0.2, 0.25) is 0 Å². The monoisotopic (exact) mass is 225 g/mol. The van der Waals surface area contributed by atoms with Crippen LogP contribution in [0.3, 0.4) is 0 Å². The number of rotatable bonds is 0. The van der Waals surface area contributed by atoms with Crippen LogP contribution >= 0.6 is 0 Å². The van der Waals surface area contributed by atoms with Crippen LogP contribution in [0.1, 0.15) is 10.5 Å². The average Bonchev–Trinajstić information content (AvgIpc) is 2.72. The highest BCUT2D eigenvalue weighted by molar-refractivity contribution is 6.18. The van der Waals surface area contributed by atoms with Crippen molar-refractivity contribution in [3.8, 4) is 0 Å². The van der Waals surface area contributed by atoms with E-state index in [0.29, 0.717) is 0 Å². The van der Waals surface area contributed by atoms with E-state index >= 15 is 0 Å². The summed E-state index contributed by atoms with van der Waals surface area (Å²) in [5.41, 5.74) is 0.0204. The van der Waals surface area contributed by atoms with Gasteiger partial charge in [-0.3, -0.25) is 4.79 Å². The summed E-state index contributed by atoms with van der Waals surface area (Å²) < 4.78 is -1.07. The van der Waals surface area contributed by atoms with E-state index in [9.17, 15) is 14.4 Å². The zero-order valence-corrected chi connectivity index (χ0v) is 8.59. The lowest BCUT2D eigenvalue weighted by molar-refractivity contribution is 0.0770. The van der Waals surface area contributed by atoms with Crippen LogP contribution < -0.4 is 4.48 Å². The van der Waals surface area contributed by atoms with Gasteiger partial charge in [0.05, 0.1) is 13.4 Å². The standard InChI is InChI=1S/C8H8N4O4/c1-11-6(13)4-5(10-3-9-4)12(2,7(11)14)8(15)16/h3H,1-2H3,(H-,9,10,13,15,16)/p+1. The Balaban J connectivity index is 2.74. The smallest absolute Gasteiger partial charge is 0.435 e. The van der Waals surface area contributed by atoms with Crippen LogP contribution in [0.25, 0.3) is 0 Å². The van der Waals surface area contributed by atoms with Gasteiger partial charge in [-0.2, -0.15) is 9.78 Å². The molecule has 1 aromatic heterocycles. The molecule has 84 valence electrons. The summed E-state index contributed by atoms with van der Waals surface area (Å²) in [7, 11) is 2.40. The molecule has 0 saturated carbocycles. The van der Waals surface area contributed by atoms with Gasteiger partial charge in [0.15, 0.2) is 5.69 Å². The Kier molecular flexibility index (Phi) is 1.86. The summed E-state index contributed by atoms with van der Waals surface area (Å²) in [5, 5.41) is 9.10. The van der Waals surface area contributed by atoms with E-state index in [1.165, 1.54) is 20.4 Å². The van der Waals surface area contributed by atoms with Crippen molar-refractivity contribution in [1.29, 1.82) is 0 Å². The number of hydrogen-bond acceptors (Lipinski definition) is 4. The second-order valence-corrected chi connectivity index (χ2v) is 3.54. The van der Waals surface area contributed by atoms with E-state index < -0.39 is 22.5 Å². The van der Waals surface area contributed by atoms with Gasteiger partial charge in [0, 0.05) is 7.05 Å². The number of nitrogens with zero attached hydrogens (tertiary/aromatic N) is 3. The summed E-state index contributed by atoms with van der Waals surface area (Å²) >= 11 is 0. The summed E-state index contributed by atoms with van der Waals surface area (Å²) in [6, 6.07) is -0.850. The van der Waals surface area contributed by atoms with Gasteiger partial charge in [-0.05, 0) is 0 Å². The number of fused-ring (bicyclic) bond motifs is 1. The number of urea groups is 1. The molecule has 2 rings (SSSR count). The Morgan fingerprint density at radius 3 is 2.75 bits per heavy atom. The van der Waals surface area contributed by atoms with Crippen molar-refractivity contribution in [3.63, 3.8) is 0 Å². The molecule has 0 radical (unpaired) electrons. The molecule has 0 saturated heterocycles. The van der Waals surface area contributed by atoms with Crippen molar-refractivity contribution in [2.45, 2.75) is 0 Å². The molecule has 1 aliphatic rings. The highest BCUT2D eigenvalue weighted by Gasteiger charge is 2.55. The van der Waals surface area contributed by atoms with Gasteiger partial charge in [0.25, 0.3) is 11.7 Å². The summed E-state index contributed by atoms with van der Waals surface area (Å²) in [5.74, 6) is -0.685. The van der Waals surface area contributed by atoms with Gasteiger partial charge in [0.2, 0.25) is 0 Å². The van der Waals surface area contributed by atoms with E-state index in [0.717, 1.165) is 4.90 Å². The van der Waals surface area contributed by atoms with Crippen LogP contribution in [0.5, 0.6) is 0 Å². The number of aromatic amines is 1. The van der Waals surface area contributed by atoms with E-state index in [1.54, 1.807) is 0 Å². The second kappa shape index (κ2) is 2.89. The summed E-state index contributed by atoms with van der Waals surface area (Å²) in [6.07, 6.45) is -0.202. The fourth-order valence-corrected chi connectivity index (χ4v) is 1.60. The lowest BCUT2D eigenvalue weighted by Crippen LogP contribution is -2.63. The van der Waals surface area contributed by atoms with Crippen LogP contribution in [0.4, 0.5) is 15.4 Å². The fraction of sp³-hybridized carbons (Fsp3) is 0.250. The maximum Gasteiger partial charge on any atom is 0.529 e. The van der Waals surface area contributed by atoms with Gasteiger partial charge in [0.1, 0.15) is 0 Å². The minimum absolute atomic E-state index is 0.0204. The van der Waals surface area contributed by atoms with Gasteiger partial charge in [-0.1, -0.05) is 4.48 Å². The van der Waals surface area contributed by atoms with Crippen molar-refractivity contribution < 1.29 is 19.5 Å². The molecule has 1 unspecified atom stereocenters. The zero-order chi connectivity index (χ0) is 12.1. The number of hydrogen-bond donors (Lipinski definition) is 2.